The molecule has 0 spiro atoms. The van der Waals surface area contributed by atoms with Crippen LogP contribution in [0.4, 0.5) is 13.2 Å². The molecule has 0 amide bonds. The molecule has 76 valence electrons. The maximum atomic E-state index is 11.8. The largest absolute Gasteiger partial charge is 0.389 e. The number of nitrogens with one attached hydrogen (secondary N) is 1. The van der Waals surface area contributed by atoms with Gasteiger partial charge in [0.15, 0.2) is 0 Å². The summed E-state index contributed by atoms with van der Waals surface area (Å²) in [4.78, 5) is 1.73. The molecule has 0 unspecified atom stereocenters. The van der Waals surface area contributed by atoms with Gasteiger partial charge in [-0.05, 0) is 12.8 Å². The highest BCUT2D eigenvalue weighted by Crippen LogP contribution is 2.22. The standard InChI is InChI=1S/C8H13F3N2/c9-8(10,11)4-2-6-13-5-1-3-7(13)12/h12H,1-6H2. The zero-order valence-corrected chi connectivity index (χ0v) is 7.32. The van der Waals surface area contributed by atoms with Gasteiger partial charge in [-0.1, -0.05) is 0 Å². The molecule has 0 aromatic carbocycles. The molecule has 0 radical (unpaired) electrons. The van der Waals surface area contributed by atoms with Gasteiger partial charge in [-0.25, -0.2) is 0 Å². The van der Waals surface area contributed by atoms with E-state index in [2.05, 4.69) is 0 Å². The van der Waals surface area contributed by atoms with Gasteiger partial charge in [-0.2, -0.15) is 13.2 Å². The first-order chi connectivity index (χ1) is 5.99. The highest BCUT2D eigenvalue weighted by Gasteiger charge is 2.27. The molecule has 2 nitrogen and oxygen atoms in total. The Bertz CT molecular complexity index is 188. The van der Waals surface area contributed by atoms with Gasteiger partial charge >= 0.3 is 6.18 Å². The summed E-state index contributed by atoms with van der Waals surface area (Å²) in [6.07, 6.45) is -3.07. The fourth-order valence-electron chi connectivity index (χ4n) is 1.45. The number of halogens is 3. The fourth-order valence-corrected chi connectivity index (χ4v) is 1.45. The third-order valence-corrected chi connectivity index (χ3v) is 2.11. The smallest absolute Gasteiger partial charge is 0.361 e. The highest BCUT2D eigenvalue weighted by atomic mass is 19.4. The minimum atomic E-state index is -4.05. The number of amidine groups is 1. The molecule has 13 heavy (non-hydrogen) atoms. The van der Waals surface area contributed by atoms with Crippen molar-refractivity contribution in [3.8, 4) is 0 Å². The van der Waals surface area contributed by atoms with E-state index in [-0.39, 0.29) is 6.42 Å². The molecular weight excluding hydrogens is 181 g/mol. The van der Waals surface area contributed by atoms with Gasteiger partial charge in [0.1, 0.15) is 0 Å². The highest BCUT2D eigenvalue weighted by molar-refractivity contribution is 5.80. The molecule has 0 aromatic heterocycles. The average molecular weight is 194 g/mol. The predicted octanol–water partition coefficient (Wildman–Crippen LogP) is 2.40. The second kappa shape index (κ2) is 3.98. The first-order valence-corrected chi connectivity index (χ1v) is 4.38. The lowest BCUT2D eigenvalue weighted by atomic mass is 10.3. The number of alkyl halides is 3. The molecule has 0 bridgehead atoms. The summed E-state index contributed by atoms with van der Waals surface area (Å²) in [6.45, 7) is 1.12. The number of nitrogens with zero attached hydrogens (tertiary/aromatic N) is 1. The van der Waals surface area contributed by atoms with Crippen molar-refractivity contribution in [1.29, 1.82) is 5.41 Å². The van der Waals surface area contributed by atoms with Crippen LogP contribution in [-0.4, -0.2) is 30.0 Å². The van der Waals surface area contributed by atoms with Crippen LogP contribution in [0, 0.1) is 5.41 Å². The Kier molecular flexibility index (Phi) is 3.17. The van der Waals surface area contributed by atoms with Crippen molar-refractivity contribution >= 4 is 5.84 Å². The lowest BCUT2D eigenvalue weighted by molar-refractivity contribution is -0.135. The van der Waals surface area contributed by atoms with Crippen LogP contribution in [0.2, 0.25) is 0 Å². The van der Waals surface area contributed by atoms with Gasteiger partial charge in [0.05, 0.1) is 5.84 Å². The maximum absolute atomic E-state index is 11.8. The second-order valence-corrected chi connectivity index (χ2v) is 3.26. The molecular formula is C8H13F3N2. The summed E-state index contributed by atoms with van der Waals surface area (Å²) >= 11 is 0. The van der Waals surface area contributed by atoms with Crippen molar-refractivity contribution in [2.75, 3.05) is 13.1 Å². The van der Waals surface area contributed by atoms with Crippen LogP contribution in [-0.2, 0) is 0 Å². The minimum Gasteiger partial charge on any atom is -0.361 e. The monoisotopic (exact) mass is 194 g/mol. The summed E-state index contributed by atoms with van der Waals surface area (Å²) in [5.41, 5.74) is 0. The van der Waals surface area contributed by atoms with Crippen molar-refractivity contribution in [1.82, 2.24) is 4.90 Å². The molecule has 1 aliphatic heterocycles. The molecule has 5 heteroatoms. The van der Waals surface area contributed by atoms with Crippen LogP contribution in [0.25, 0.3) is 0 Å². The van der Waals surface area contributed by atoms with Crippen molar-refractivity contribution in [2.24, 2.45) is 0 Å². The Morgan fingerprint density at radius 2 is 2.08 bits per heavy atom. The number of rotatable bonds is 3. The maximum Gasteiger partial charge on any atom is 0.389 e. The van der Waals surface area contributed by atoms with E-state index in [9.17, 15) is 13.2 Å². The van der Waals surface area contributed by atoms with Crippen LogP contribution in [0.1, 0.15) is 25.7 Å². The van der Waals surface area contributed by atoms with Crippen molar-refractivity contribution in [2.45, 2.75) is 31.9 Å². The van der Waals surface area contributed by atoms with Crippen molar-refractivity contribution < 1.29 is 13.2 Å². The van der Waals surface area contributed by atoms with E-state index in [1.807, 2.05) is 0 Å². The van der Waals surface area contributed by atoms with Crippen LogP contribution >= 0.6 is 0 Å². The first kappa shape index (κ1) is 10.3. The van der Waals surface area contributed by atoms with Gasteiger partial charge < -0.3 is 4.90 Å². The van der Waals surface area contributed by atoms with Gasteiger partial charge in [0.2, 0.25) is 0 Å². The summed E-state index contributed by atoms with van der Waals surface area (Å²) in [7, 11) is 0. The molecule has 0 aromatic rings. The first-order valence-electron chi connectivity index (χ1n) is 4.38. The van der Waals surface area contributed by atoms with E-state index in [0.717, 1.165) is 13.0 Å². The molecule has 1 heterocycles. The second-order valence-electron chi connectivity index (χ2n) is 3.26. The van der Waals surface area contributed by atoms with E-state index in [0.29, 0.717) is 18.8 Å². The van der Waals surface area contributed by atoms with Gasteiger partial charge in [-0.3, -0.25) is 5.41 Å². The summed E-state index contributed by atoms with van der Waals surface area (Å²) < 4.78 is 35.3. The third-order valence-electron chi connectivity index (χ3n) is 2.11. The van der Waals surface area contributed by atoms with Crippen molar-refractivity contribution in [3.63, 3.8) is 0 Å². The van der Waals surface area contributed by atoms with E-state index in [4.69, 9.17) is 5.41 Å². The molecule has 1 aliphatic rings. The zero-order valence-electron chi connectivity index (χ0n) is 7.32. The Morgan fingerprint density at radius 1 is 1.38 bits per heavy atom. The summed E-state index contributed by atoms with van der Waals surface area (Å²) in [5, 5.41) is 7.38. The van der Waals surface area contributed by atoms with Crippen LogP contribution < -0.4 is 0 Å². The van der Waals surface area contributed by atoms with Crippen LogP contribution in [0.3, 0.4) is 0 Å². The topological polar surface area (TPSA) is 27.1 Å². The van der Waals surface area contributed by atoms with E-state index >= 15 is 0 Å². The quantitative estimate of drug-likeness (QED) is 0.733. The Morgan fingerprint density at radius 3 is 2.54 bits per heavy atom. The molecule has 0 aliphatic carbocycles. The Labute approximate surface area is 75.2 Å². The van der Waals surface area contributed by atoms with E-state index in [1.54, 1.807) is 4.90 Å². The molecule has 1 fully saturated rings. The van der Waals surface area contributed by atoms with Gasteiger partial charge in [-0.15, -0.1) is 0 Å². The molecule has 0 saturated carbocycles. The minimum absolute atomic E-state index is 0.103. The molecule has 0 atom stereocenters. The zero-order chi connectivity index (χ0) is 9.90. The lowest BCUT2D eigenvalue weighted by Gasteiger charge is -2.17. The molecule has 1 rings (SSSR count). The van der Waals surface area contributed by atoms with Crippen LogP contribution in [0.5, 0.6) is 0 Å². The third kappa shape index (κ3) is 3.65. The molecule has 1 saturated heterocycles. The predicted molar refractivity (Wildman–Crippen MR) is 43.8 cm³/mol. The van der Waals surface area contributed by atoms with E-state index < -0.39 is 12.6 Å². The summed E-state index contributed by atoms with van der Waals surface area (Å²) in [5.74, 6) is 0.488. The van der Waals surface area contributed by atoms with Gasteiger partial charge in [0.25, 0.3) is 0 Å². The number of hydrogen-bond donors (Lipinski definition) is 1. The lowest BCUT2D eigenvalue weighted by Crippen LogP contribution is -2.26. The Hall–Kier alpha value is -0.740. The SMILES string of the molecule is N=C1CCCN1CCCC(F)(F)F. The van der Waals surface area contributed by atoms with Crippen LogP contribution in [0.15, 0.2) is 0 Å². The molecule has 1 N–H and O–H groups in total. The average Bonchev–Trinajstić information content (AvgIpc) is 2.34. The van der Waals surface area contributed by atoms with Gasteiger partial charge in [0, 0.05) is 25.9 Å². The number of hydrogen-bond acceptors (Lipinski definition) is 1. The Balaban J connectivity index is 2.16. The van der Waals surface area contributed by atoms with E-state index in [1.165, 1.54) is 0 Å². The summed E-state index contributed by atoms with van der Waals surface area (Å²) in [6, 6.07) is 0. The normalized spacial score (nSPS) is 18.4. The van der Waals surface area contributed by atoms with Crippen molar-refractivity contribution in [3.05, 3.63) is 0 Å². The number of likely N-dealkylation sites (tertiary alicyclic amines) is 1. The fraction of sp³-hybridized carbons (Fsp3) is 0.875.